The third kappa shape index (κ3) is 3.64. The van der Waals surface area contributed by atoms with Gasteiger partial charge < -0.3 is 25.8 Å². The van der Waals surface area contributed by atoms with Gasteiger partial charge in [0.1, 0.15) is 30.2 Å². The van der Waals surface area contributed by atoms with Crippen LogP contribution < -0.4 is 5.73 Å². The number of rotatable bonds is 8. The third-order valence-electron chi connectivity index (χ3n) is 5.36. The molecular formula is C18H29N5O4. The quantitative estimate of drug-likeness (QED) is 0.535. The average molecular weight is 379 g/mol. The van der Waals surface area contributed by atoms with Crippen LogP contribution in [0.25, 0.3) is 11.2 Å². The number of nitrogens with two attached hydrogens (primary N) is 1. The summed E-state index contributed by atoms with van der Waals surface area (Å²) in [5.74, 6) is 0.228. The first-order chi connectivity index (χ1) is 12.9. The van der Waals surface area contributed by atoms with Crippen molar-refractivity contribution >= 4 is 17.0 Å². The Morgan fingerprint density at radius 1 is 1.11 bits per heavy atom. The van der Waals surface area contributed by atoms with Crippen LogP contribution in [-0.4, -0.2) is 58.8 Å². The van der Waals surface area contributed by atoms with Crippen molar-refractivity contribution in [3.8, 4) is 0 Å². The van der Waals surface area contributed by atoms with E-state index >= 15 is 0 Å². The zero-order chi connectivity index (χ0) is 19.6. The van der Waals surface area contributed by atoms with E-state index in [9.17, 15) is 15.3 Å². The Morgan fingerprint density at radius 2 is 1.78 bits per heavy atom. The Bertz CT molecular complexity index is 759. The zero-order valence-corrected chi connectivity index (χ0v) is 15.8. The molecular weight excluding hydrogens is 350 g/mol. The number of aliphatic hydroxyl groups is 3. The molecule has 2 aromatic rings. The Hall–Kier alpha value is -1.81. The van der Waals surface area contributed by atoms with Crippen LogP contribution in [0, 0.1) is 0 Å². The molecule has 0 unspecified atom stereocenters. The Morgan fingerprint density at radius 3 is 2.41 bits per heavy atom. The normalized spacial score (nSPS) is 26.1. The molecule has 150 valence electrons. The molecule has 0 radical (unpaired) electrons. The van der Waals surface area contributed by atoms with Gasteiger partial charge in [0, 0.05) is 0 Å². The summed E-state index contributed by atoms with van der Waals surface area (Å²) in [5, 5.41) is 32.6. The fourth-order valence-electron chi connectivity index (χ4n) is 3.77. The number of hydrogen-bond donors (Lipinski definition) is 4. The molecule has 3 rings (SSSR count). The molecule has 1 aliphatic heterocycles. The molecule has 0 amide bonds. The number of nitrogen functional groups attached to an aromatic ring is 1. The molecule has 1 saturated heterocycles. The highest BCUT2D eigenvalue weighted by Gasteiger charge is 2.53. The lowest BCUT2D eigenvalue weighted by atomic mass is 9.83. The van der Waals surface area contributed by atoms with Crippen molar-refractivity contribution in [2.75, 3.05) is 5.73 Å². The first kappa shape index (κ1) is 19.9. The number of aliphatic hydroxyl groups excluding tert-OH is 2. The zero-order valence-electron chi connectivity index (χ0n) is 15.8. The van der Waals surface area contributed by atoms with Crippen molar-refractivity contribution in [3.63, 3.8) is 0 Å². The smallest absolute Gasteiger partial charge is 0.167 e. The molecule has 0 aromatic carbocycles. The fourth-order valence-corrected chi connectivity index (χ4v) is 3.77. The van der Waals surface area contributed by atoms with E-state index < -0.39 is 30.1 Å². The number of imidazole rings is 1. The highest BCUT2D eigenvalue weighted by molar-refractivity contribution is 5.81. The van der Waals surface area contributed by atoms with Gasteiger partial charge in [-0.1, -0.05) is 39.5 Å². The number of hydrogen-bond acceptors (Lipinski definition) is 8. The SMILES string of the molecule is CCCCC(O)(CCCC)[C@H]1O[C@@H](n2cnc3c(N)ncnc32)[C@H](O)[C@@H]1O. The van der Waals surface area contributed by atoms with Crippen molar-refractivity contribution in [1.29, 1.82) is 0 Å². The second-order valence-electron chi connectivity index (χ2n) is 7.32. The van der Waals surface area contributed by atoms with Gasteiger partial charge >= 0.3 is 0 Å². The molecule has 27 heavy (non-hydrogen) atoms. The van der Waals surface area contributed by atoms with Crippen LogP contribution in [0.4, 0.5) is 5.82 Å². The van der Waals surface area contributed by atoms with E-state index in [-0.39, 0.29) is 5.82 Å². The molecule has 0 aliphatic carbocycles. The Kier molecular flexibility index (Phi) is 5.95. The summed E-state index contributed by atoms with van der Waals surface area (Å²) >= 11 is 0. The molecule has 0 saturated carbocycles. The maximum Gasteiger partial charge on any atom is 0.167 e. The van der Waals surface area contributed by atoms with Gasteiger partial charge in [0.25, 0.3) is 0 Å². The maximum atomic E-state index is 11.3. The van der Waals surface area contributed by atoms with Crippen LogP contribution in [0.2, 0.25) is 0 Å². The molecule has 1 aliphatic rings. The second kappa shape index (κ2) is 8.05. The van der Waals surface area contributed by atoms with Crippen molar-refractivity contribution in [1.82, 2.24) is 19.5 Å². The van der Waals surface area contributed by atoms with Crippen LogP contribution in [0.1, 0.15) is 58.6 Å². The molecule has 9 heteroatoms. The molecule has 0 bridgehead atoms. The molecule has 1 fully saturated rings. The molecule has 5 N–H and O–H groups in total. The van der Waals surface area contributed by atoms with Crippen LogP contribution in [-0.2, 0) is 4.74 Å². The van der Waals surface area contributed by atoms with E-state index in [1.807, 2.05) is 13.8 Å². The standard InChI is InChI=1S/C18H29N5O4/c1-3-5-7-18(26,8-6-4-2)14-12(24)13(25)17(27-14)23-10-22-11-15(19)20-9-21-16(11)23/h9-10,12-14,17,24-26H,3-8H2,1-2H3,(H2,19,20,21)/t12-,13+,14-,17+/m0/s1. The number of aromatic nitrogens is 4. The third-order valence-corrected chi connectivity index (χ3v) is 5.36. The van der Waals surface area contributed by atoms with E-state index in [0.29, 0.717) is 24.0 Å². The lowest BCUT2D eigenvalue weighted by Gasteiger charge is -2.35. The number of unbranched alkanes of at least 4 members (excludes halogenated alkanes) is 2. The van der Waals surface area contributed by atoms with E-state index in [1.54, 1.807) is 0 Å². The number of ether oxygens (including phenoxy) is 1. The predicted octanol–water partition coefficient (Wildman–Crippen LogP) is 1.14. The van der Waals surface area contributed by atoms with Crippen molar-refractivity contribution in [3.05, 3.63) is 12.7 Å². The minimum absolute atomic E-state index is 0.228. The summed E-state index contributed by atoms with van der Waals surface area (Å²) in [6.07, 6.45) is 2.98. The minimum Gasteiger partial charge on any atom is -0.387 e. The first-order valence-corrected chi connectivity index (χ1v) is 9.60. The van der Waals surface area contributed by atoms with Crippen molar-refractivity contribution in [2.24, 2.45) is 0 Å². The molecule has 4 atom stereocenters. The Balaban J connectivity index is 1.90. The Labute approximate surface area is 158 Å². The predicted molar refractivity (Wildman–Crippen MR) is 99.7 cm³/mol. The van der Waals surface area contributed by atoms with Gasteiger partial charge in [0.15, 0.2) is 17.7 Å². The van der Waals surface area contributed by atoms with E-state index in [2.05, 4.69) is 15.0 Å². The van der Waals surface area contributed by atoms with E-state index in [1.165, 1.54) is 17.2 Å². The lowest BCUT2D eigenvalue weighted by Crippen LogP contribution is -2.49. The van der Waals surface area contributed by atoms with Gasteiger partial charge in [-0.3, -0.25) is 4.57 Å². The van der Waals surface area contributed by atoms with Gasteiger partial charge in [0.05, 0.1) is 11.9 Å². The van der Waals surface area contributed by atoms with Gasteiger partial charge in [-0.2, -0.15) is 0 Å². The van der Waals surface area contributed by atoms with Gasteiger partial charge in [-0.15, -0.1) is 0 Å². The maximum absolute atomic E-state index is 11.3. The minimum atomic E-state index is -1.22. The van der Waals surface area contributed by atoms with Gasteiger partial charge in [-0.25, -0.2) is 15.0 Å². The first-order valence-electron chi connectivity index (χ1n) is 9.60. The molecule has 3 heterocycles. The summed E-state index contributed by atoms with van der Waals surface area (Å²) in [6.45, 7) is 4.09. The summed E-state index contributed by atoms with van der Waals surface area (Å²) in [4.78, 5) is 12.3. The highest BCUT2D eigenvalue weighted by Crippen LogP contribution is 2.40. The largest absolute Gasteiger partial charge is 0.387 e. The van der Waals surface area contributed by atoms with Crippen LogP contribution in [0.5, 0.6) is 0 Å². The van der Waals surface area contributed by atoms with Gasteiger partial charge in [-0.05, 0) is 12.8 Å². The summed E-state index contributed by atoms with van der Waals surface area (Å²) < 4.78 is 7.54. The lowest BCUT2D eigenvalue weighted by molar-refractivity contribution is -0.147. The van der Waals surface area contributed by atoms with Crippen LogP contribution in [0.15, 0.2) is 12.7 Å². The van der Waals surface area contributed by atoms with Crippen LogP contribution >= 0.6 is 0 Å². The summed E-state index contributed by atoms with van der Waals surface area (Å²) in [5.41, 5.74) is 5.42. The molecule has 0 spiro atoms. The number of anilines is 1. The molecule has 9 nitrogen and oxygen atoms in total. The van der Waals surface area contributed by atoms with Gasteiger partial charge in [0.2, 0.25) is 0 Å². The average Bonchev–Trinajstić information content (AvgIpc) is 3.21. The summed E-state index contributed by atoms with van der Waals surface area (Å²) in [6, 6.07) is 0. The van der Waals surface area contributed by atoms with Crippen molar-refractivity contribution < 1.29 is 20.1 Å². The summed E-state index contributed by atoms with van der Waals surface area (Å²) in [7, 11) is 0. The highest BCUT2D eigenvalue weighted by atomic mass is 16.6. The molecule has 2 aromatic heterocycles. The van der Waals surface area contributed by atoms with E-state index in [4.69, 9.17) is 10.5 Å². The van der Waals surface area contributed by atoms with Crippen LogP contribution in [0.3, 0.4) is 0 Å². The fraction of sp³-hybridized carbons (Fsp3) is 0.722. The second-order valence-corrected chi connectivity index (χ2v) is 7.32. The monoisotopic (exact) mass is 379 g/mol. The number of fused-ring (bicyclic) bond motifs is 1. The van der Waals surface area contributed by atoms with E-state index in [0.717, 1.165) is 25.7 Å². The van der Waals surface area contributed by atoms with Crippen molar-refractivity contribution in [2.45, 2.75) is 82.5 Å². The number of nitrogens with zero attached hydrogens (tertiary/aromatic N) is 4. The topological polar surface area (TPSA) is 140 Å².